The fourth-order valence-corrected chi connectivity index (χ4v) is 7.06. The zero-order valence-corrected chi connectivity index (χ0v) is 24.9. The standard InChI is InChI=1S/C26H40N3.2BrH.Co/c1-15(2)21-11-18(6)12-22(16(3)4)26(21)24(28)14-29-13-23(27)25-19(7)9-17(5)10-20(25)8;;;/h9-12,15-16,23-24H,13-14,27-28H2,1-8H3;2*1H;/q-1;;;+3/p-2. The van der Waals surface area contributed by atoms with Crippen molar-refractivity contribution in [1.82, 2.24) is 3.95 Å². The molecule has 0 saturated heterocycles. The van der Waals surface area contributed by atoms with E-state index < -0.39 is 10.3 Å². The van der Waals surface area contributed by atoms with Gasteiger partial charge >= 0.3 is 215 Å². The third kappa shape index (κ3) is 6.91. The van der Waals surface area contributed by atoms with Crippen molar-refractivity contribution in [3.05, 3.63) is 68.8 Å². The van der Waals surface area contributed by atoms with Gasteiger partial charge in [0.15, 0.2) is 0 Å². The Balaban J connectivity index is 2.37. The number of nitrogens with zero attached hydrogens (tertiary/aromatic N) is 1. The van der Waals surface area contributed by atoms with Crippen molar-refractivity contribution in [2.75, 3.05) is 13.1 Å². The summed E-state index contributed by atoms with van der Waals surface area (Å²) in [7, 11) is -0.668. The van der Waals surface area contributed by atoms with E-state index in [-0.39, 0.29) is 12.1 Å². The first kappa shape index (κ1) is 28.0. The van der Waals surface area contributed by atoms with Crippen LogP contribution in [0.4, 0.5) is 0 Å². The van der Waals surface area contributed by atoms with Crippen LogP contribution in [0.5, 0.6) is 0 Å². The predicted molar refractivity (Wildman–Crippen MR) is 143 cm³/mol. The molecule has 0 spiro atoms. The molecule has 0 fully saturated rings. The molecular weight excluding hydrogens is 573 g/mol. The number of aryl methyl sites for hydroxylation is 4. The van der Waals surface area contributed by atoms with Crippen LogP contribution in [0, 0.1) is 27.7 Å². The van der Waals surface area contributed by atoms with Crippen LogP contribution >= 0.6 is 28.3 Å². The molecule has 0 aliphatic heterocycles. The van der Waals surface area contributed by atoms with Gasteiger partial charge in [-0.15, -0.1) is 0 Å². The molecule has 182 valence electrons. The normalized spacial score (nSPS) is 14.4. The molecule has 6 heteroatoms. The number of hydrogen-bond donors (Lipinski definition) is 2. The zero-order chi connectivity index (χ0) is 24.3. The van der Waals surface area contributed by atoms with E-state index in [0.717, 1.165) is 13.1 Å². The number of hydrogen-bond acceptors (Lipinski definition) is 3. The van der Waals surface area contributed by atoms with Crippen LogP contribution in [0.3, 0.4) is 0 Å². The van der Waals surface area contributed by atoms with E-state index in [1.165, 1.54) is 44.5 Å². The summed E-state index contributed by atoms with van der Waals surface area (Å²) in [6, 6.07) is 8.91. The molecule has 0 aliphatic carbocycles. The summed E-state index contributed by atoms with van der Waals surface area (Å²) in [6.07, 6.45) is 0. The molecule has 0 heterocycles. The Hall–Kier alpha value is -0.214. The molecule has 3 nitrogen and oxygen atoms in total. The molecule has 2 aromatic carbocycles. The van der Waals surface area contributed by atoms with Gasteiger partial charge in [0.25, 0.3) is 0 Å². The monoisotopic (exact) mass is 611 g/mol. The average molecular weight is 613 g/mol. The fraction of sp³-hybridized carbons (Fsp3) is 0.538. The van der Waals surface area contributed by atoms with Crippen LogP contribution in [0.2, 0.25) is 0 Å². The van der Waals surface area contributed by atoms with Gasteiger partial charge in [0.1, 0.15) is 0 Å². The van der Waals surface area contributed by atoms with Crippen LogP contribution < -0.4 is 11.5 Å². The first-order chi connectivity index (χ1) is 14.8. The van der Waals surface area contributed by atoms with Crippen molar-refractivity contribution >= 4 is 28.3 Å². The molecule has 2 atom stereocenters. The van der Waals surface area contributed by atoms with Crippen LogP contribution in [0.15, 0.2) is 24.3 Å². The van der Waals surface area contributed by atoms with E-state index in [4.69, 9.17) is 11.5 Å². The summed E-state index contributed by atoms with van der Waals surface area (Å²) in [5, 5.41) is 0. The van der Waals surface area contributed by atoms with Gasteiger partial charge in [0.2, 0.25) is 0 Å². The number of nitrogens with two attached hydrogens (primary N) is 2. The van der Waals surface area contributed by atoms with Crippen molar-refractivity contribution < 1.29 is 10.3 Å². The molecule has 32 heavy (non-hydrogen) atoms. The van der Waals surface area contributed by atoms with E-state index in [2.05, 4.69) is 112 Å². The van der Waals surface area contributed by atoms with Crippen LogP contribution in [-0.2, 0) is 10.3 Å². The SMILES string of the molecule is Cc1cc(C)c(C(N)C[N](CC(N)c2c(C(C)C)cc(C)cc2C(C)C)[Co]([Br])[Br])c(C)c1. The molecule has 4 N–H and O–H groups in total. The van der Waals surface area contributed by atoms with Gasteiger partial charge in [0, 0.05) is 0 Å². The summed E-state index contributed by atoms with van der Waals surface area (Å²) >= 11 is 7.58. The Morgan fingerprint density at radius 3 is 1.47 bits per heavy atom. The van der Waals surface area contributed by atoms with Gasteiger partial charge in [-0.25, -0.2) is 0 Å². The molecule has 0 aliphatic rings. The second-order valence-electron chi connectivity index (χ2n) is 9.65. The molecule has 2 rings (SSSR count). The van der Waals surface area contributed by atoms with Gasteiger partial charge in [-0.2, -0.15) is 0 Å². The molecule has 0 bridgehead atoms. The Labute approximate surface area is 214 Å². The molecular formula is C26H40Br2CoN3. The third-order valence-electron chi connectivity index (χ3n) is 6.04. The first-order valence-corrected chi connectivity index (χ1v) is 16.9. The van der Waals surface area contributed by atoms with Gasteiger partial charge < -0.3 is 0 Å². The van der Waals surface area contributed by atoms with E-state index in [1.807, 2.05) is 0 Å². The van der Waals surface area contributed by atoms with Crippen LogP contribution in [0.1, 0.15) is 96.1 Å². The Morgan fingerprint density at radius 1 is 0.719 bits per heavy atom. The van der Waals surface area contributed by atoms with E-state index in [0.29, 0.717) is 11.8 Å². The minimum atomic E-state index is -0.668. The van der Waals surface area contributed by atoms with Crippen molar-refractivity contribution in [2.45, 2.75) is 79.3 Å². The van der Waals surface area contributed by atoms with E-state index >= 15 is 0 Å². The van der Waals surface area contributed by atoms with Crippen molar-refractivity contribution in [1.29, 1.82) is 0 Å². The Bertz CT molecular complexity index is 875. The Morgan fingerprint density at radius 2 is 1.09 bits per heavy atom. The third-order valence-corrected chi connectivity index (χ3v) is 9.68. The second-order valence-corrected chi connectivity index (χ2v) is 17.9. The first-order valence-electron chi connectivity index (χ1n) is 11.3. The van der Waals surface area contributed by atoms with Crippen molar-refractivity contribution in [3.63, 3.8) is 0 Å². The quantitative estimate of drug-likeness (QED) is 0.312. The number of rotatable bonds is 9. The maximum absolute atomic E-state index is 6.94. The van der Waals surface area contributed by atoms with Gasteiger partial charge in [-0.1, -0.05) is 0 Å². The second kappa shape index (κ2) is 12.0. The molecule has 0 radical (unpaired) electrons. The summed E-state index contributed by atoms with van der Waals surface area (Å²) in [4.78, 5) is 0. The van der Waals surface area contributed by atoms with E-state index in [9.17, 15) is 0 Å². The van der Waals surface area contributed by atoms with Gasteiger partial charge in [-0.3, -0.25) is 0 Å². The fourth-order valence-electron chi connectivity index (χ4n) is 4.77. The van der Waals surface area contributed by atoms with Crippen LogP contribution in [0.25, 0.3) is 0 Å². The average Bonchev–Trinajstić information content (AvgIpc) is 2.65. The van der Waals surface area contributed by atoms with E-state index in [1.54, 1.807) is 0 Å². The molecule has 2 unspecified atom stereocenters. The van der Waals surface area contributed by atoms with Crippen molar-refractivity contribution in [3.8, 4) is 0 Å². The van der Waals surface area contributed by atoms with Crippen molar-refractivity contribution in [2.24, 2.45) is 11.5 Å². The van der Waals surface area contributed by atoms with Gasteiger partial charge in [0.05, 0.1) is 0 Å². The predicted octanol–water partition coefficient (Wildman–Crippen LogP) is 7.32. The molecule has 0 saturated carbocycles. The molecule has 2 aromatic rings. The molecule has 0 aromatic heterocycles. The van der Waals surface area contributed by atoms with Gasteiger partial charge in [-0.05, 0) is 0 Å². The number of benzene rings is 2. The summed E-state index contributed by atoms with van der Waals surface area (Å²) in [6.45, 7) is 19.1. The Kier molecular flexibility index (Phi) is 10.5. The van der Waals surface area contributed by atoms with Crippen LogP contribution in [-0.4, -0.2) is 17.0 Å². The summed E-state index contributed by atoms with van der Waals surface area (Å²) in [5.41, 5.74) is 24.1. The minimum absolute atomic E-state index is 0.0746. The summed E-state index contributed by atoms with van der Waals surface area (Å²) in [5.74, 6) is 0.854. The summed E-state index contributed by atoms with van der Waals surface area (Å²) < 4.78 is 2.36. The topological polar surface area (TPSA) is 55.3 Å². The number of halogens is 2. The zero-order valence-electron chi connectivity index (χ0n) is 20.7. The maximum atomic E-state index is 6.94. The molecule has 0 amide bonds.